The Bertz CT molecular complexity index is 255. The Labute approximate surface area is 122 Å². The van der Waals surface area contributed by atoms with Crippen LogP contribution < -0.4 is 0 Å². The normalized spacial score (nSPS) is 11.2. The summed E-state index contributed by atoms with van der Waals surface area (Å²) in [5.74, 6) is 0. The fourth-order valence-corrected chi connectivity index (χ4v) is 2.07. The van der Waals surface area contributed by atoms with Crippen molar-refractivity contribution in [3.05, 3.63) is 0 Å². The molecule has 18 heavy (non-hydrogen) atoms. The summed E-state index contributed by atoms with van der Waals surface area (Å²) in [6, 6.07) is 0. The Hall–Kier alpha value is 0.389. The van der Waals surface area contributed by atoms with E-state index >= 15 is 0 Å². The fourth-order valence-electron chi connectivity index (χ4n) is 1.75. The molecule has 0 spiro atoms. The zero-order valence-electron chi connectivity index (χ0n) is 11.1. The van der Waals surface area contributed by atoms with E-state index in [1.165, 1.54) is 44.9 Å². The second-order valence-corrected chi connectivity index (χ2v) is 5.46. The van der Waals surface area contributed by atoms with Gasteiger partial charge in [0.1, 0.15) is 0 Å². The van der Waals surface area contributed by atoms with Gasteiger partial charge in [0.15, 0.2) is 0 Å². The van der Waals surface area contributed by atoms with Crippen molar-refractivity contribution >= 4 is 10.4 Å². The molecule has 0 N–H and O–H groups in total. The van der Waals surface area contributed by atoms with Crippen molar-refractivity contribution in [1.29, 1.82) is 0 Å². The SMILES string of the molecule is CCCCCCCCCCCCOS(=O)(=O)[O-].[Cu+2]. The largest absolute Gasteiger partial charge is 2.00 e. The van der Waals surface area contributed by atoms with Crippen molar-refractivity contribution in [3.63, 3.8) is 0 Å². The summed E-state index contributed by atoms with van der Waals surface area (Å²) in [6.07, 6.45) is 11.7. The molecule has 0 aliphatic carbocycles. The molecule has 0 heterocycles. The molecule has 0 unspecified atom stereocenters. The van der Waals surface area contributed by atoms with Gasteiger partial charge in [0.05, 0.1) is 6.61 Å². The standard InChI is InChI=1S/C12H26O4S.Cu/c1-2-3-4-5-6-7-8-9-10-11-12-16-17(13,14)15;/h2-12H2,1H3,(H,13,14,15);/q;+2/p-1. The van der Waals surface area contributed by atoms with E-state index in [-0.39, 0.29) is 23.7 Å². The first-order valence-corrected chi connectivity index (χ1v) is 8.00. The van der Waals surface area contributed by atoms with Crippen LogP contribution in [0.5, 0.6) is 0 Å². The minimum absolute atomic E-state index is 0. The van der Waals surface area contributed by atoms with Gasteiger partial charge in [-0.15, -0.1) is 0 Å². The summed E-state index contributed by atoms with van der Waals surface area (Å²) in [4.78, 5) is 0. The molecule has 113 valence electrons. The van der Waals surface area contributed by atoms with E-state index in [1.54, 1.807) is 0 Å². The number of unbranched alkanes of at least 4 members (excludes halogenated alkanes) is 9. The van der Waals surface area contributed by atoms with Crippen molar-refractivity contribution in [3.8, 4) is 0 Å². The van der Waals surface area contributed by atoms with Gasteiger partial charge in [-0.3, -0.25) is 4.18 Å². The zero-order valence-corrected chi connectivity index (χ0v) is 12.9. The molecule has 0 fully saturated rings. The average molecular weight is 329 g/mol. The van der Waals surface area contributed by atoms with Gasteiger partial charge in [-0.1, -0.05) is 64.7 Å². The molecule has 0 aromatic carbocycles. The zero-order chi connectivity index (χ0) is 13.0. The van der Waals surface area contributed by atoms with Crippen LogP contribution in [0.1, 0.15) is 71.1 Å². The topological polar surface area (TPSA) is 66.4 Å². The Morgan fingerprint density at radius 2 is 1.22 bits per heavy atom. The van der Waals surface area contributed by atoms with Gasteiger partial charge in [-0.25, -0.2) is 8.42 Å². The maximum atomic E-state index is 10.1. The molecule has 0 aliphatic rings. The van der Waals surface area contributed by atoms with Crippen LogP contribution >= 0.6 is 0 Å². The molecule has 0 saturated carbocycles. The van der Waals surface area contributed by atoms with Crippen molar-refractivity contribution in [2.45, 2.75) is 71.1 Å². The smallest absolute Gasteiger partial charge is 0.726 e. The maximum absolute atomic E-state index is 10.1. The van der Waals surface area contributed by atoms with Crippen molar-refractivity contribution in [2.75, 3.05) is 6.61 Å². The van der Waals surface area contributed by atoms with Gasteiger partial charge in [-0.05, 0) is 6.42 Å². The van der Waals surface area contributed by atoms with Gasteiger partial charge >= 0.3 is 17.1 Å². The molecule has 1 radical (unpaired) electrons. The molecule has 0 saturated heterocycles. The van der Waals surface area contributed by atoms with E-state index in [9.17, 15) is 13.0 Å². The van der Waals surface area contributed by atoms with Crippen LogP contribution in [0.4, 0.5) is 0 Å². The fraction of sp³-hybridized carbons (Fsp3) is 1.00. The second kappa shape index (κ2) is 13.8. The Kier molecular flexibility index (Phi) is 15.9. The third kappa shape index (κ3) is 18.7. The van der Waals surface area contributed by atoms with Gasteiger partial charge < -0.3 is 4.55 Å². The average Bonchev–Trinajstić information content (AvgIpc) is 2.24. The summed E-state index contributed by atoms with van der Waals surface area (Å²) >= 11 is 0. The van der Waals surface area contributed by atoms with E-state index in [1.807, 2.05) is 0 Å². The minimum Gasteiger partial charge on any atom is -0.726 e. The van der Waals surface area contributed by atoms with Crippen LogP contribution in [0.25, 0.3) is 0 Å². The van der Waals surface area contributed by atoms with E-state index < -0.39 is 10.4 Å². The van der Waals surface area contributed by atoms with Crippen LogP contribution in [0, 0.1) is 0 Å². The summed E-state index contributed by atoms with van der Waals surface area (Å²) in [5.41, 5.74) is 0. The van der Waals surface area contributed by atoms with Gasteiger partial charge in [-0.2, -0.15) is 0 Å². The molecule has 0 atom stereocenters. The Morgan fingerprint density at radius 1 is 0.833 bits per heavy atom. The summed E-state index contributed by atoms with van der Waals surface area (Å²) in [7, 11) is -4.48. The molecular weight excluding hydrogens is 304 g/mol. The van der Waals surface area contributed by atoms with E-state index in [0.29, 0.717) is 6.42 Å². The number of rotatable bonds is 12. The van der Waals surface area contributed by atoms with Crippen molar-refractivity contribution in [1.82, 2.24) is 0 Å². The number of hydrogen-bond acceptors (Lipinski definition) is 4. The van der Waals surface area contributed by atoms with Crippen LogP contribution in [0.15, 0.2) is 0 Å². The summed E-state index contributed by atoms with van der Waals surface area (Å²) < 4.78 is 34.5. The first kappa shape index (κ1) is 20.7. The first-order valence-electron chi connectivity index (χ1n) is 6.66. The van der Waals surface area contributed by atoms with Crippen molar-refractivity contribution in [2.24, 2.45) is 0 Å². The third-order valence-corrected chi connectivity index (χ3v) is 3.18. The van der Waals surface area contributed by atoms with Gasteiger partial charge in [0.2, 0.25) is 10.4 Å². The summed E-state index contributed by atoms with van der Waals surface area (Å²) in [5, 5.41) is 0. The van der Waals surface area contributed by atoms with Crippen LogP contribution in [0.2, 0.25) is 0 Å². The molecule has 6 heteroatoms. The van der Waals surface area contributed by atoms with Crippen LogP contribution in [-0.4, -0.2) is 19.6 Å². The van der Waals surface area contributed by atoms with E-state index in [0.717, 1.165) is 12.8 Å². The minimum atomic E-state index is -4.48. The quantitative estimate of drug-likeness (QED) is 0.238. The molecule has 0 amide bonds. The van der Waals surface area contributed by atoms with E-state index in [4.69, 9.17) is 0 Å². The van der Waals surface area contributed by atoms with Crippen molar-refractivity contribution < 1.29 is 34.2 Å². The Morgan fingerprint density at radius 3 is 1.61 bits per heavy atom. The molecule has 0 aromatic heterocycles. The van der Waals surface area contributed by atoms with Crippen LogP contribution in [-0.2, 0) is 31.7 Å². The number of hydrogen-bond donors (Lipinski definition) is 0. The van der Waals surface area contributed by atoms with E-state index in [2.05, 4.69) is 11.1 Å². The molecule has 0 aliphatic heterocycles. The third-order valence-electron chi connectivity index (χ3n) is 2.73. The predicted octanol–water partition coefficient (Wildman–Crippen LogP) is 3.38. The predicted molar refractivity (Wildman–Crippen MR) is 67.5 cm³/mol. The second-order valence-electron chi connectivity index (χ2n) is 4.41. The monoisotopic (exact) mass is 328 g/mol. The molecule has 0 aromatic rings. The summed E-state index contributed by atoms with van der Waals surface area (Å²) in [6.45, 7) is 2.24. The van der Waals surface area contributed by atoms with Crippen LogP contribution in [0.3, 0.4) is 0 Å². The Balaban J connectivity index is 0. The molecule has 0 rings (SSSR count). The molecule has 0 bridgehead atoms. The maximum Gasteiger partial charge on any atom is 2.00 e. The molecular formula is C12H25CuO4S+. The molecule has 4 nitrogen and oxygen atoms in total. The van der Waals surface area contributed by atoms with Gasteiger partial charge in [0, 0.05) is 0 Å². The first-order chi connectivity index (χ1) is 8.06. The van der Waals surface area contributed by atoms with Gasteiger partial charge in [0.25, 0.3) is 0 Å².